The molecule has 0 heterocycles. The van der Waals surface area contributed by atoms with Crippen molar-refractivity contribution in [1.82, 2.24) is 0 Å². The maximum atomic E-state index is 12.4. The van der Waals surface area contributed by atoms with Gasteiger partial charge in [0.1, 0.15) is 18.2 Å². The lowest BCUT2D eigenvalue weighted by molar-refractivity contribution is 0.287. The molecule has 0 amide bonds. The Morgan fingerprint density at radius 3 is 2.62 bits per heavy atom. The van der Waals surface area contributed by atoms with Crippen LogP contribution in [0.5, 0.6) is 5.75 Å². The van der Waals surface area contributed by atoms with Gasteiger partial charge in [0.15, 0.2) is 0 Å². The Hall–Kier alpha value is -1.56. The Bertz CT molecular complexity index is 302. The zero-order valence-corrected chi connectivity index (χ0v) is 7.33. The number of halogens is 1. The summed E-state index contributed by atoms with van der Waals surface area (Å²) < 4.78 is 17.7. The van der Waals surface area contributed by atoms with E-state index < -0.39 is 0 Å². The highest BCUT2D eigenvalue weighted by atomic mass is 19.1. The number of nitriles is 1. The fourth-order valence-corrected chi connectivity index (χ4v) is 0.789. The standard InChI is InChI=1S/C10H10FNO/c1-8(6-12)7-13-10-4-2-9(11)3-5-10/h2-5,8H,7H2,1H3. The Morgan fingerprint density at radius 1 is 1.46 bits per heavy atom. The molecule has 1 aromatic carbocycles. The third-order valence-corrected chi connectivity index (χ3v) is 1.53. The number of hydrogen-bond acceptors (Lipinski definition) is 2. The van der Waals surface area contributed by atoms with Gasteiger partial charge in [-0.05, 0) is 31.2 Å². The van der Waals surface area contributed by atoms with Crippen molar-refractivity contribution in [2.24, 2.45) is 5.92 Å². The van der Waals surface area contributed by atoms with Gasteiger partial charge in [-0.25, -0.2) is 4.39 Å². The maximum Gasteiger partial charge on any atom is 0.123 e. The van der Waals surface area contributed by atoms with Gasteiger partial charge in [-0.15, -0.1) is 0 Å². The van der Waals surface area contributed by atoms with Crippen molar-refractivity contribution in [3.63, 3.8) is 0 Å². The van der Waals surface area contributed by atoms with Crippen LogP contribution in [0.25, 0.3) is 0 Å². The van der Waals surface area contributed by atoms with Crippen LogP contribution >= 0.6 is 0 Å². The summed E-state index contributed by atoms with van der Waals surface area (Å²) in [6, 6.07) is 7.78. The van der Waals surface area contributed by atoms with E-state index in [1.165, 1.54) is 12.1 Å². The zero-order chi connectivity index (χ0) is 9.68. The molecule has 1 atom stereocenters. The van der Waals surface area contributed by atoms with Gasteiger partial charge in [-0.2, -0.15) is 5.26 Å². The van der Waals surface area contributed by atoms with Gasteiger partial charge in [-0.1, -0.05) is 0 Å². The number of rotatable bonds is 3. The Labute approximate surface area is 76.6 Å². The third-order valence-electron chi connectivity index (χ3n) is 1.53. The van der Waals surface area contributed by atoms with Crippen LogP contribution in [0.15, 0.2) is 24.3 Å². The molecule has 0 bridgehead atoms. The quantitative estimate of drug-likeness (QED) is 0.713. The van der Waals surface area contributed by atoms with Gasteiger partial charge >= 0.3 is 0 Å². The van der Waals surface area contributed by atoms with Gasteiger partial charge in [0.25, 0.3) is 0 Å². The van der Waals surface area contributed by atoms with Crippen molar-refractivity contribution >= 4 is 0 Å². The molecule has 0 aliphatic rings. The van der Waals surface area contributed by atoms with Gasteiger partial charge in [0.05, 0.1) is 12.0 Å². The van der Waals surface area contributed by atoms with E-state index in [2.05, 4.69) is 0 Å². The smallest absolute Gasteiger partial charge is 0.123 e. The third kappa shape index (κ3) is 3.12. The first kappa shape index (κ1) is 9.53. The molecule has 0 fully saturated rings. The minimum absolute atomic E-state index is 0.148. The molecule has 0 saturated carbocycles. The van der Waals surface area contributed by atoms with E-state index in [1.54, 1.807) is 19.1 Å². The first-order chi connectivity index (χ1) is 6.22. The monoisotopic (exact) mass is 179 g/mol. The number of nitrogens with zero attached hydrogens (tertiary/aromatic N) is 1. The molecule has 68 valence electrons. The molecule has 13 heavy (non-hydrogen) atoms. The SMILES string of the molecule is CC(C#N)COc1ccc(F)cc1. The number of ether oxygens (including phenoxy) is 1. The minimum Gasteiger partial charge on any atom is -0.492 e. The van der Waals surface area contributed by atoms with Gasteiger partial charge in [0, 0.05) is 0 Å². The molecular formula is C10H10FNO. The fourth-order valence-electron chi connectivity index (χ4n) is 0.789. The number of benzene rings is 1. The lowest BCUT2D eigenvalue weighted by Crippen LogP contribution is -2.05. The van der Waals surface area contributed by atoms with Gasteiger partial charge in [0.2, 0.25) is 0 Å². The molecule has 0 radical (unpaired) electrons. The average molecular weight is 179 g/mol. The second kappa shape index (κ2) is 4.46. The summed E-state index contributed by atoms with van der Waals surface area (Å²) in [5.74, 6) is 0.147. The van der Waals surface area contributed by atoms with Crippen molar-refractivity contribution in [3.05, 3.63) is 30.1 Å². The normalized spacial score (nSPS) is 11.8. The largest absolute Gasteiger partial charge is 0.492 e. The maximum absolute atomic E-state index is 12.4. The average Bonchev–Trinajstić information content (AvgIpc) is 2.16. The van der Waals surface area contributed by atoms with Crippen molar-refractivity contribution in [1.29, 1.82) is 5.26 Å². The molecule has 0 spiro atoms. The molecular weight excluding hydrogens is 169 g/mol. The van der Waals surface area contributed by atoms with Crippen molar-refractivity contribution < 1.29 is 9.13 Å². The van der Waals surface area contributed by atoms with E-state index in [4.69, 9.17) is 10.00 Å². The van der Waals surface area contributed by atoms with E-state index in [0.717, 1.165) is 0 Å². The molecule has 1 rings (SSSR count). The first-order valence-electron chi connectivity index (χ1n) is 4.00. The molecule has 0 aromatic heterocycles. The van der Waals surface area contributed by atoms with Crippen LogP contribution in [0.1, 0.15) is 6.92 Å². The van der Waals surface area contributed by atoms with Crippen LogP contribution in [0.2, 0.25) is 0 Å². The van der Waals surface area contributed by atoms with Crippen LogP contribution in [-0.4, -0.2) is 6.61 Å². The summed E-state index contributed by atoms with van der Waals surface area (Å²) >= 11 is 0. The molecule has 0 aliphatic carbocycles. The van der Waals surface area contributed by atoms with Crippen molar-refractivity contribution in [2.75, 3.05) is 6.61 Å². The van der Waals surface area contributed by atoms with Crippen LogP contribution < -0.4 is 4.74 Å². The molecule has 0 N–H and O–H groups in total. The topological polar surface area (TPSA) is 33.0 Å². The van der Waals surface area contributed by atoms with E-state index in [0.29, 0.717) is 12.4 Å². The molecule has 2 nitrogen and oxygen atoms in total. The van der Waals surface area contributed by atoms with E-state index >= 15 is 0 Å². The lowest BCUT2D eigenvalue weighted by Gasteiger charge is -2.06. The first-order valence-corrected chi connectivity index (χ1v) is 4.00. The predicted octanol–water partition coefficient (Wildman–Crippen LogP) is 2.36. The summed E-state index contributed by atoms with van der Waals surface area (Å²) in [5.41, 5.74) is 0. The zero-order valence-electron chi connectivity index (χ0n) is 7.33. The van der Waals surface area contributed by atoms with Crippen LogP contribution in [0, 0.1) is 23.1 Å². The van der Waals surface area contributed by atoms with Crippen LogP contribution in [-0.2, 0) is 0 Å². The summed E-state index contributed by atoms with van der Waals surface area (Å²) in [7, 11) is 0. The molecule has 0 aliphatic heterocycles. The summed E-state index contributed by atoms with van der Waals surface area (Å²) in [5, 5.41) is 8.47. The minimum atomic E-state index is -0.291. The second-order valence-electron chi connectivity index (χ2n) is 2.80. The number of hydrogen-bond donors (Lipinski definition) is 0. The van der Waals surface area contributed by atoms with Crippen LogP contribution in [0.4, 0.5) is 4.39 Å². The summed E-state index contributed by atoms with van der Waals surface area (Å²) in [6.07, 6.45) is 0. The van der Waals surface area contributed by atoms with Gasteiger partial charge < -0.3 is 4.74 Å². The highest BCUT2D eigenvalue weighted by Crippen LogP contribution is 2.11. The highest BCUT2D eigenvalue weighted by Gasteiger charge is 2.00. The highest BCUT2D eigenvalue weighted by molar-refractivity contribution is 5.22. The van der Waals surface area contributed by atoms with Crippen molar-refractivity contribution in [3.8, 4) is 11.8 Å². The van der Waals surface area contributed by atoms with E-state index in [9.17, 15) is 4.39 Å². The Morgan fingerprint density at radius 2 is 2.08 bits per heavy atom. The van der Waals surface area contributed by atoms with Crippen molar-refractivity contribution in [2.45, 2.75) is 6.92 Å². The summed E-state index contributed by atoms with van der Waals surface area (Å²) in [6.45, 7) is 2.10. The second-order valence-corrected chi connectivity index (χ2v) is 2.80. The molecule has 0 saturated heterocycles. The van der Waals surface area contributed by atoms with Gasteiger partial charge in [-0.3, -0.25) is 0 Å². The predicted molar refractivity (Wildman–Crippen MR) is 46.7 cm³/mol. The Balaban J connectivity index is 2.47. The molecule has 1 aromatic rings. The lowest BCUT2D eigenvalue weighted by atomic mass is 10.2. The van der Waals surface area contributed by atoms with E-state index in [1.807, 2.05) is 6.07 Å². The molecule has 3 heteroatoms. The fraction of sp³-hybridized carbons (Fsp3) is 0.300. The summed E-state index contributed by atoms with van der Waals surface area (Å²) in [4.78, 5) is 0. The molecule has 1 unspecified atom stereocenters. The Kier molecular flexibility index (Phi) is 3.27. The van der Waals surface area contributed by atoms with E-state index in [-0.39, 0.29) is 11.7 Å². The van der Waals surface area contributed by atoms with Crippen LogP contribution in [0.3, 0.4) is 0 Å².